The van der Waals surface area contributed by atoms with Gasteiger partial charge in [-0.05, 0) is 49.3 Å². The smallest absolute Gasteiger partial charge is 0.238 e. The van der Waals surface area contributed by atoms with E-state index in [9.17, 15) is 4.79 Å². The molecule has 0 aliphatic carbocycles. The maximum atomic E-state index is 12.4. The number of rotatable bonds is 7. The van der Waals surface area contributed by atoms with Gasteiger partial charge in [0.05, 0.1) is 6.54 Å². The number of benzene rings is 2. The van der Waals surface area contributed by atoms with E-state index in [1.54, 1.807) is 0 Å². The van der Waals surface area contributed by atoms with Crippen molar-refractivity contribution in [2.24, 2.45) is 5.92 Å². The molecular formula is C22H28N2O2. The molecule has 1 saturated heterocycles. The average Bonchev–Trinajstić information content (AvgIpc) is 2.69. The Labute approximate surface area is 156 Å². The van der Waals surface area contributed by atoms with Gasteiger partial charge in [0.25, 0.3) is 0 Å². The maximum absolute atomic E-state index is 12.4. The van der Waals surface area contributed by atoms with Crippen LogP contribution in [0.3, 0.4) is 0 Å². The molecule has 0 aromatic heterocycles. The highest BCUT2D eigenvalue weighted by atomic mass is 16.5. The molecule has 3 rings (SSSR count). The third-order valence-corrected chi connectivity index (χ3v) is 5.09. The van der Waals surface area contributed by atoms with Crippen LogP contribution in [0.4, 0.5) is 5.69 Å². The highest BCUT2D eigenvalue weighted by Gasteiger charge is 2.20. The fourth-order valence-corrected chi connectivity index (χ4v) is 3.44. The van der Waals surface area contributed by atoms with Gasteiger partial charge in [0.1, 0.15) is 0 Å². The third kappa shape index (κ3) is 5.41. The van der Waals surface area contributed by atoms with Crippen LogP contribution in [0.5, 0.6) is 0 Å². The molecule has 1 heterocycles. The number of carbonyl (C=O) groups excluding carboxylic acids is 1. The molecule has 4 heteroatoms. The van der Waals surface area contributed by atoms with E-state index in [0.717, 1.165) is 43.7 Å². The highest BCUT2D eigenvalue weighted by Crippen LogP contribution is 2.20. The standard InChI is InChI=1S/C22H28N2O2/c1-17(19-11-13-26-14-12-19)23-16-22(25)24-21-10-6-5-9-20(21)15-18-7-3-2-4-8-18/h2-10,17,19,23H,11-16H2,1H3,(H,24,25). The number of para-hydroxylation sites is 1. The van der Waals surface area contributed by atoms with Crippen molar-refractivity contribution < 1.29 is 9.53 Å². The van der Waals surface area contributed by atoms with Gasteiger partial charge in [-0.1, -0.05) is 48.5 Å². The SMILES string of the molecule is CC(NCC(=O)Nc1ccccc1Cc1ccccc1)C1CCOCC1. The van der Waals surface area contributed by atoms with E-state index in [1.165, 1.54) is 5.56 Å². The Kier molecular flexibility index (Phi) is 6.81. The number of anilines is 1. The van der Waals surface area contributed by atoms with Gasteiger partial charge in [0.2, 0.25) is 5.91 Å². The minimum Gasteiger partial charge on any atom is -0.381 e. The monoisotopic (exact) mass is 352 g/mol. The lowest BCUT2D eigenvalue weighted by molar-refractivity contribution is -0.115. The van der Waals surface area contributed by atoms with E-state index < -0.39 is 0 Å². The first-order chi connectivity index (χ1) is 12.7. The lowest BCUT2D eigenvalue weighted by Gasteiger charge is -2.28. The van der Waals surface area contributed by atoms with Crippen molar-refractivity contribution >= 4 is 11.6 Å². The molecule has 4 nitrogen and oxygen atoms in total. The molecule has 2 aromatic carbocycles. The zero-order valence-electron chi connectivity index (χ0n) is 15.4. The molecule has 1 fully saturated rings. The van der Waals surface area contributed by atoms with Gasteiger partial charge in [-0.15, -0.1) is 0 Å². The number of hydrogen-bond acceptors (Lipinski definition) is 3. The molecule has 1 unspecified atom stereocenters. The molecule has 1 amide bonds. The minimum atomic E-state index is 0.00409. The van der Waals surface area contributed by atoms with Crippen LogP contribution in [-0.2, 0) is 16.0 Å². The molecular weight excluding hydrogens is 324 g/mol. The Morgan fingerprint density at radius 2 is 1.77 bits per heavy atom. The molecule has 0 bridgehead atoms. The average molecular weight is 352 g/mol. The van der Waals surface area contributed by atoms with Gasteiger partial charge in [0.15, 0.2) is 0 Å². The molecule has 0 spiro atoms. The van der Waals surface area contributed by atoms with Crippen LogP contribution in [0.25, 0.3) is 0 Å². The maximum Gasteiger partial charge on any atom is 0.238 e. The van der Waals surface area contributed by atoms with Gasteiger partial charge in [0, 0.05) is 24.9 Å². The van der Waals surface area contributed by atoms with Crippen LogP contribution in [0.2, 0.25) is 0 Å². The second kappa shape index (κ2) is 9.51. The summed E-state index contributed by atoms with van der Waals surface area (Å²) < 4.78 is 5.41. The van der Waals surface area contributed by atoms with E-state index in [2.05, 4.69) is 35.8 Å². The second-order valence-electron chi connectivity index (χ2n) is 6.99. The first kappa shape index (κ1) is 18.6. The fourth-order valence-electron chi connectivity index (χ4n) is 3.44. The molecule has 1 aliphatic heterocycles. The van der Waals surface area contributed by atoms with Crippen molar-refractivity contribution in [3.63, 3.8) is 0 Å². The van der Waals surface area contributed by atoms with Crippen molar-refractivity contribution in [3.05, 3.63) is 65.7 Å². The molecule has 2 N–H and O–H groups in total. The summed E-state index contributed by atoms with van der Waals surface area (Å²) in [5, 5.41) is 6.44. The third-order valence-electron chi connectivity index (χ3n) is 5.09. The Balaban J connectivity index is 1.54. The number of ether oxygens (including phenoxy) is 1. The summed E-state index contributed by atoms with van der Waals surface area (Å²) in [5.41, 5.74) is 3.26. The van der Waals surface area contributed by atoms with Crippen molar-refractivity contribution in [3.8, 4) is 0 Å². The first-order valence-corrected chi connectivity index (χ1v) is 9.45. The van der Waals surface area contributed by atoms with Gasteiger partial charge in [-0.2, -0.15) is 0 Å². The molecule has 1 atom stereocenters. The van der Waals surface area contributed by atoms with E-state index in [1.807, 2.05) is 36.4 Å². The Morgan fingerprint density at radius 1 is 1.08 bits per heavy atom. The van der Waals surface area contributed by atoms with E-state index in [-0.39, 0.29) is 5.91 Å². The fraction of sp³-hybridized carbons (Fsp3) is 0.409. The van der Waals surface area contributed by atoms with Gasteiger partial charge >= 0.3 is 0 Å². The van der Waals surface area contributed by atoms with Crippen LogP contribution in [0.15, 0.2) is 54.6 Å². The number of amides is 1. The van der Waals surface area contributed by atoms with Crippen molar-refractivity contribution in [1.29, 1.82) is 0 Å². The number of hydrogen-bond donors (Lipinski definition) is 2. The predicted molar refractivity (Wildman–Crippen MR) is 105 cm³/mol. The van der Waals surface area contributed by atoms with E-state index >= 15 is 0 Å². The molecule has 138 valence electrons. The van der Waals surface area contributed by atoms with Crippen LogP contribution in [-0.4, -0.2) is 31.7 Å². The summed E-state index contributed by atoms with van der Waals surface area (Å²) in [6.07, 6.45) is 2.94. The molecule has 1 aliphatic rings. The quantitative estimate of drug-likeness (QED) is 0.800. The van der Waals surface area contributed by atoms with Gasteiger partial charge in [-0.3, -0.25) is 4.79 Å². The lowest BCUT2D eigenvalue weighted by atomic mass is 9.93. The van der Waals surface area contributed by atoms with E-state index in [4.69, 9.17) is 4.74 Å². The zero-order chi connectivity index (χ0) is 18.2. The number of carbonyl (C=O) groups is 1. The highest BCUT2D eigenvalue weighted by molar-refractivity contribution is 5.93. The van der Waals surface area contributed by atoms with Crippen molar-refractivity contribution in [1.82, 2.24) is 5.32 Å². The summed E-state index contributed by atoms with van der Waals surface area (Å²) in [4.78, 5) is 12.4. The molecule has 0 radical (unpaired) electrons. The topological polar surface area (TPSA) is 50.4 Å². The summed E-state index contributed by atoms with van der Waals surface area (Å²) in [6.45, 7) is 4.15. The van der Waals surface area contributed by atoms with E-state index in [0.29, 0.717) is 18.5 Å². The normalized spacial score (nSPS) is 16.2. The summed E-state index contributed by atoms with van der Waals surface area (Å²) >= 11 is 0. The first-order valence-electron chi connectivity index (χ1n) is 9.45. The van der Waals surface area contributed by atoms with Crippen LogP contribution >= 0.6 is 0 Å². The molecule has 2 aromatic rings. The van der Waals surface area contributed by atoms with Crippen molar-refractivity contribution in [2.45, 2.75) is 32.2 Å². The largest absolute Gasteiger partial charge is 0.381 e. The van der Waals surface area contributed by atoms with Crippen LogP contribution in [0, 0.1) is 5.92 Å². The molecule has 26 heavy (non-hydrogen) atoms. The second-order valence-corrected chi connectivity index (χ2v) is 6.99. The predicted octanol–water partition coefficient (Wildman–Crippen LogP) is 3.62. The van der Waals surface area contributed by atoms with Gasteiger partial charge in [-0.25, -0.2) is 0 Å². The zero-order valence-corrected chi connectivity index (χ0v) is 15.4. The summed E-state index contributed by atoms with van der Waals surface area (Å²) in [7, 11) is 0. The molecule has 0 saturated carbocycles. The van der Waals surface area contributed by atoms with Crippen molar-refractivity contribution in [2.75, 3.05) is 25.1 Å². The summed E-state index contributed by atoms with van der Waals surface area (Å²) in [5.74, 6) is 0.589. The minimum absolute atomic E-state index is 0.00409. The Bertz CT molecular complexity index is 696. The van der Waals surface area contributed by atoms with Crippen LogP contribution < -0.4 is 10.6 Å². The lowest BCUT2D eigenvalue weighted by Crippen LogP contribution is -2.40. The Hall–Kier alpha value is -2.17. The Morgan fingerprint density at radius 3 is 2.54 bits per heavy atom. The van der Waals surface area contributed by atoms with Gasteiger partial charge < -0.3 is 15.4 Å². The van der Waals surface area contributed by atoms with Crippen LogP contribution in [0.1, 0.15) is 30.9 Å². The number of nitrogens with one attached hydrogen (secondary N) is 2. The summed E-state index contributed by atoms with van der Waals surface area (Å²) in [6, 6.07) is 18.6.